The Hall–Kier alpha value is -2.03. The lowest BCUT2D eigenvalue weighted by atomic mass is 10.2. The van der Waals surface area contributed by atoms with Gasteiger partial charge in [0, 0.05) is 24.3 Å². The Balaban J connectivity index is 1.82. The van der Waals surface area contributed by atoms with E-state index in [9.17, 15) is 0 Å². The molecule has 1 aromatic heterocycles. The first-order chi connectivity index (χ1) is 7.84. The topological polar surface area (TPSA) is 50.9 Å². The molecule has 0 fully saturated rings. The van der Waals surface area contributed by atoms with Crippen LogP contribution in [0.15, 0.2) is 48.7 Å². The van der Waals surface area contributed by atoms with Crippen LogP contribution in [0.25, 0.3) is 0 Å². The highest BCUT2D eigenvalue weighted by atomic mass is 14.9. The quantitative estimate of drug-likeness (QED) is 0.819. The van der Waals surface area contributed by atoms with Crippen LogP contribution in [-0.4, -0.2) is 11.5 Å². The highest BCUT2D eigenvalue weighted by molar-refractivity contribution is 5.42. The number of aromatic nitrogens is 1. The van der Waals surface area contributed by atoms with E-state index in [1.807, 2.05) is 30.3 Å². The first kappa shape index (κ1) is 10.5. The molecule has 82 valence electrons. The molecule has 16 heavy (non-hydrogen) atoms. The van der Waals surface area contributed by atoms with Gasteiger partial charge in [-0.25, -0.2) is 0 Å². The Morgan fingerprint density at radius 1 is 1.06 bits per heavy atom. The minimum atomic E-state index is 0.708. The lowest BCUT2D eigenvalue weighted by Crippen LogP contribution is -2.05. The Labute approximate surface area is 95.3 Å². The molecule has 0 saturated heterocycles. The number of rotatable bonds is 4. The minimum absolute atomic E-state index is 0.708. The molecule has 0 amide bonds. The Kier molecular flexibility index (Phi) is 3.38. The maximum absolute atomic E-state index is 5.57. The largest absolute Gasteiger partial charge is 0.397 e. The van der Waals surface area contributed by atoms with E-state index in [-0.39, 0.29) is 0 Å². The van der Waals surface area contributed by atoms with Crippen LogP contribution in [0.2, 0.25) is 0 Å². The highest BCUT2D eigenvalue weighted by Gasteiger charge is 1.94. The van der Waals surface area contributed by atoms with Gasteiger partial charge in [0.1, 0.15) is 0 Å². The first-order valence-electron chi connectivity index (χ1n) is 5.34. The molecule has 1 aromatic carbocycles. The van der Waals surface area contributed by atoms with Crippen LogP contribution < -0.4 is 11.1 Å². The number of nitrogens with two attached hydrogens (primary N) is 1. The molecule has 1 heterocycles. The predicted molar refractivity (Wildman–Crippen MR) is 67.3 cm³/mol. The number of pyridine rings is 1. The van der Waals surface area contributed by atoms with Crippen LogP contribution in [0, 0.1) is 0 Å². The number of nitrogen functional groups attached to an aromatic ring is 1. The summed E-state index contributed by atoms with van der Waals surface area (Å²) in [5.74, 6) is 0. The van der Waals surface area contributed by atoms with Crippen molar-refractivity contribution in [3.63, 3.8) is 0 Å². The summed E-state index contributed by atoms with van der Waals surface area (Å²) in [5, 5.41) is 3.34. The van der Waals surface area contributed by atoms with E-state index in [2.05, 4.69) is 22.4 Å². The standard InChI is InChI=1S/C13H15N3/c14-11-6-7-13(16-10-11)8-9-15-12-4-2-1-3-5-12/h1-7,10,15H,8-9,14H2. The molecule has 3 heteroatoms. The second-order valence-corrected chi connectivity index (χ2v) is 3.63. The van der Waals surface area contributed by atoms with E-state index in [0.29, 0.717) is 5.69 Å². The van der Waals surface area contributed by atoms with Crippen molar-refractivity contribution in [2.75, 3.05) is 17.6 Å². The third kappa shape index (κ3) is 2.98. The van der Waals surface area contributed by atoms with Crippen molar-refractivity contribution >= 4 is 11.4 Å². The van der Waals surface area contributed by atoms with Crippen LogP contribution in [-0.2, 0) is 6.42 Å². The number of nitrogens with one attached hydrogen (secondary N) is 1. The van der Waals surface area contributed by atoms with Gasteiger partial charge in [0.2, 0.25) is 0 Å². The first-order valence-corrected chi connectivity index (χ1v) is 5.34. The summed E-state index contributed by atoms with van der Waals surface area (Å²) in [5.41, 5.74) is 8.47. The summed E-state index contributed by atoms with van der Waals surface area (Å²) < 4.78 is 0. The van der Waals surface area contributed by atoms with Crippen LogP contribution in [0.1, 0.15) is 5.69 Å². The molecule has 0 atom stereocenters. The molecular weight excluding hydrogens is 198 g/mol. The van der Waals surface area contributed by atoms with Crippen molar-refractivity contribution in [1.82, 2.24) is 4.98 Å². The number of hydrogen-bond donors (Lipinski definition) is 2. The third-order valence-electron chi connectivity index (χ3n) is 2.33. The summed E-state index contributed by atoms with van der Waals surface area (Å²) in [7, 11) is 0. The molecule has 0 saturated carbocycles. The molecule has 0 aliphatic rings. The van der Waals surface area contributed by atoms with Crippen LogP contribution in [0.5, 0.6) is 0 Å². The fourth-order valence-electron chi connectivity index (χ4n) is 1.47. The highest BCUT2D eigenvalue weighted by Crippen LogP contribution is 2.06. The minimum Gasteiger partial charge on any atom is -0.397 e. The number of nitrogens with zero attached hydrogens (tertiary/aromatic N) is 1. The number of benzene rings is 1. The third-order valence-corrected chi connectivity index (χ3v) is 2.33. The van der Waals surface area contributed by atoms with Gasteiger partial charge in [-0.2, -0.15) is 0 Å². The zero-order valence-corrected chi connectivity index (χ0v) is 9.06. The van der Waals surface area contributed by atoms with Gasteiger partial charge >= 0.3 is 0 Å². The van der Waals surface area contributed by atoms with Crippen molar-refractivity contribution in [3.8, 4) is 0 Å². The van der Waals surface area contributed by atoms with Gasteiger partial charge in [0.05, 0.1) is 11.9 Å². The summed E-state index contributed by atoms with van der Waals surface area (Å²) in [6.45, 7) is 0.876. The fraction of sp³-hybridized carbons (Fsp3) is 0.154. The second-order valence-electron chi connectivity index (χ2n) is 3.63. The molecule has 0 aliphatic carbocycles. The van der Waals surface area contributed by atoms with Gasteiger partial charge in [-0.15, -0.1) is 0 Å². The maximum atomic E-state index is 5.57. The number of para-hydroxylation sites is 1. The summed E-state index contributed by atoms with van der Waals surface area (Å²) in [6.07, 6.45) is 2.59. The van der Waals surface area contributed by atoms with E-state index in [0.717, 1.165) is 24.3 Å². The van der Waals surface area contributed by atoms with Crippen molar-refractivity contribution in [2.24, 2.45) is 0 Å². The van der Waals surface area contributed by atoms with Gasteiger partial charge in [-0.1, -0.05) is 18.2 Å². The average Bonchev–Trinajstić information content (AvgIpc) is 2.33. The van der Waals surface area contributed by atoms with E-state index in [1.54, 1.807) is 6.20 Å². The van der Waals surface area contributed by atoms with Gasteiger partial charge in [0.15, 0.2) is 0 Å². The van der Waals surface area contributed by atoms with E-state index in [1.165, 1.54) is 0 Å². The van der Waals surface area contributed by atoms with Crippen LogP contribution in [0.4, 0.5) is 11.4 Å². The van der Waals surface area contributed by atoms with Gasteiger partial charge < -0.3 is 11.1 Å². The SMILES string of the molecule is Nc1ccc(CCNc2ccccc2)nc1. The van der Waals surface area contributed by atoms with E-state index < -0.39 is 0 Å². The second kappa shape index (κ2) is 5.16. The number of hydrogen-bond acceptors (Lipinski definition) is 3. The molecular formula is C13H15N3. The Morgan fingerprint density at radius 2 is 1.88 bits per heavy atom. The van der Waals surface area contributed by atoms with E-state index in [4.69, 9.17) is 5.73 Å². The van der Waals surface area contributed by atoms with Crippen LogP contribution >= 0.6 is 0 Å². The van der Waals surface area contributed by atoms with Gasteiger partial charge in [-0.05, 0) is 24.3 Å². The molecule has 0 spiro atoms. The lowest BCUT2D eigenvalue weighted by Gasteiger charge is -2.05. The summed E-state index contributed by atoms with van der Waals surface area (Å²) in [6, 6.07) is 14.0. The molecule has 2 aromatic rings. The number of anilines is 2. The lowest BCUT2D eigenvalue weighted by molar-refractivity contribution is 0.962. The smallest absolute Gasteiger partial charge is 0.0501 e. The molecule has 0 radical (unpaired) electrons. The normalized spacial score (nSPS) is 10.0. The zero-order valence-electron chi connectivity index (χ0n) is 9.06. The van der Waals surface area contributed by atoms with Crippen molar-refractivity contribution in [1.29, 1.82) is 0 Å². The van der Waals surface area contributed by atoms with Crippen LogP contribution in [0.3, 0.4) is 0 Å². The van der Waals surface area contributed by atoms with E-state index >= 15 is 0 Å². The summed E-state index contributed by atoms with van der Waals surface area (Å²) >= 11 is 0. The molecule has 0 unspecified atom stereocenters. The molecule has 2 rings (SSSR count). The molecule has 3 nitrogen and oxygen atoms in total. The Bertz CT molecular complexity index is 423. The predicted octanol–water partition coefficient (Wildman–Crippen LogP) is 2.32. The zero-order chi connectivity index (χ0) is 11.2. The maximum Gasteiger partial charge on any atom is 0.0501 e. The van der Waals surface area contributed by atoms with Gasteiger partial charge in [-0.3, -0.25) is 4.98 Å². The monoisotopic (exact) mass is 213 g/mol. The van der Waals surface area contributed by atoms with Crippen molar-refractivity contribution in [2.45, 2.75) is 6.42 Å². The fourth-order valence-corrected chi connectivity index (χ4v) is 1.47. The van der Waals surface area contributed by atoms with Gasteiger partial charge in [0.25, 0.3) is 0 Å². The summed E-state index contributed by atoms with van der Waals surface area (Å²) in [4.78, 5) is 4.24. The molecule has 0 aliphatic heterocycles. The Morgan fingerprint density at radius 3 is 2.56 bits per heavy atom. The molecule has 0 bridgehead atoms. The van der Waals surface area contributed by atoms with Crippen molar-refractivity contribution in [3.05, 3.63) is 54.4 Å². The molecule has 3 N–H and O–H groups in total. The van der Waals surface area contributed by atoms with Crippen molar-refractivity contribution < 1.29 is 0 Å². The average molecular weight is 213 g/mol.